The summed E-state index contributed by atoms with van der Waals surface area (Å²) in [6.07, 6.45) is 4.65. The molecular weight excluding hydrogens is 347 g/mol. The molecule has 2 fully saturated rings. The largest absolute Gasteiger partial charge is 0.338 e. The molecule has 1 aromatic heterocycles. The van der Waals surface area contributed by atoms with E-state index in [1.807, 2.05) is 34.5 Å². The van der Waals surface area contributed by atoms with Crippen LogP contribution < -0.4 is 0 Å². The highest BCUT2D eigenvalue weighted by Gasteiger charge is 2.38. The zero-order valence-electron chi connectivity index (χ0n) is 15.0. The van der Waals surface area contributed by atoms with Gasteiger partial charge >= 0.3 is 0 Å². The van der Waals surface area contributed by atoms with Gasteiger partial charge < -0.3 is 4.90 Å². The van der Waals surface area contributed by atoms with Crippen LogP contribution in [-0.2, 0) is 6.54 Å². The Hall–Kier alpha value is -1.72. The van der Waals surface area contributed by atoms with Crippen LogP contribution in [0.1, 0.15) is 40.9 Å². The first-order valence-corrected chi connectivity index (χ1v) is 10.3. The van der Waals surface area contributed by atoms with E-state index in [-0.39, 0.29) is 11.7 Å². The standard InChI is InChI=1S/C21H25FN2OS/c22-18-5-3-17(4-6-18)16-23-11-7-21(8-12-23)9-13-24(14-10-21)20(25)19-2-1-15-26-19/h1-6,15H,7-14,16H2. The average molecular weight is 373 g/mol. The Bertz CT molecular complexity index is 726. The maximum Gasteiger partial charge on any atom is 0.263 e. The van der Waals surface area contributed by atoms with Gasteiger partial charge in [-0.3, -0.25) is 9.69 Å². The number of benzene rings is 1. The normalized spacial score (nSPS) is 20.4. The van der Waals surface area contributed by atoms with Crippen molar-refractivity contribution in [1.82, 2.24) is 9.80 Å². The highest BCUT2D eigenvalue weighted by Crippen LogP contribution is 2.41. The summed E-state index contributed by atoms with van der Waals surface area (Å²) in [5.41, 5.74) is 1.59. The van der Waals surface area contributed by atoms with Crippen molar-refractivity contribution >= 4 is 17.2 Å². The fourth-order valence-electron chi connectivity index (χ4n) is 4.27. The molecule has 2 aromatic rings. The van der Waals surface area contributed by atoms with Crippen molar-refractivity contribution in [1.29, 1.82) is 0 Å². The predicted molar refractivity (Wildman–Crippen MR) is 103 cm³/mol. The lowest BCUT2D eigenvalue weighted by Crippen LogP contribution is -2.48. The third kappa shape index (κ3) is 3.84. The highest BCUT2D eigenvalue weighted by molar-refractivity contribution is 7.12. The molecule has 0 unspecified atom stereocenters. The Balaban J connectivity index is 1.28. The number of rotatable bonds is 3. The van der Waals surface area contributed by atoms with Gasteiger partial charge in [0.25, 0.3) is 5.91 Å². The minimum Gasteiger partial charge on any atom is -0.338 e. The van der Waals surface area contributed by atoms with Gasteiger partial charge in [-0.2, -0.15) is 0 Å². The number of carbonyl (C=O) groups excluding carboxylic acids is 1. The van der Waals surface area contributed by atoms with Gasteiger partial charge in [0, 0.05) is 19.6 Å². The Morgan fingerprint density at radius 3 is 2.27 bits per heavy atom. The molecule has 4 rings (SSSR count). The van der Waals surface area contributed by atoms with E-state index in [2.05, 4.69) is 4.90 Å². The van der Waals surface area contributed by atoms with Gasteiger partial charge in [-0.25, -0.2) is 4.39 Å². The molecule has 3 heterocycles. The van der Waals surface area contributed by atoms with Gasteiger partial charge in [-0.05, 0) is 73.3 Å². The molecule has 2 saturated heterocycles. The van der Waals surface area contributed by atoms with E-state index in [1.54, 1.807) is 12.1 Å². The van der Waals surface area contributed by atoms with Gasteiger partial charge in [-0.1, -0.05) is 18.2 Å². The molecule has 0 aliphatic carbocycles. The number of carbonyl (C=O) groups is 1. The van der Waals surface area contributed by atoms with Crippen molar-refractivity contribution < 1.29 is 9.18 Å². The molecule has 0 bridgehead atoms. The zero-order valence-corrected chi connectivity index (χ0v) is 15.8. The van der Waals surface area contributed by atoms with E-state index in [4.69, 9.17) is 0 Å². The summed E-state index contributed by atoms with van der Waals surface area (Å²) < 4.78 is 13.0. The first-order chi connectivity index (χ1) is 12.6. The predicted octanol–water partition coefficient (Wildman–Crippen LogP) is 4.41. The topological polar surface area (TPSA) is 23.6 Å². The third-order valence-corrected chi connectivity index (χ3v) is 6.94. The summed E-state index contributed by atoms with van der Waals surface area (Å²) in [5.74, 6) is 0.0267. The zero-order chi connectivity index (χ0) is 18.0. The summed E-state index contributed by atoms with van der Waals surface area (Å²) in [6.45, 7) is 4.86. The van der Waals surface area contributed by atoms with Crippen molar-refractivity contribution in [3.63, 3.8) is 0 Å². The molecule has 0 saturated carbocycles. The SMILES string of the molecule is O=C(c1cccs1)N1CCC2(CCN(Cc3ccc(F)cc3)CC2)CC1. The minimum absolute atomic E-state index is 0.171. The van der Waals surface area contributed by atoms with Crippen LogP contribution in [-0.4, -0.2) is 41.9 Å². The molecule has 1 aromatic carbocycles. The van der Waals surface area contributed by atoms with Crippen molar-refractivity contribution in [3.8, 4) is 0 Å². The van der Waals surface area contributed by atoms with E-state index in [0.717, 1.165) is 50.4 Å². The quantitative estimate of drug-likeness (QED) is 0.797. The molecule has 26 heavy (non-hydrogen) atoms. The average Bonchev–Trinajstić information content (AvgIpc) is 3.21. The van der Waals surface area contributed by atoms with Crippen LogP contribution in [0, 0.1) is 11.2 Å². The second-order valence-electron chi connectivity index (χ2n) is 7.67. The van der Waals surface area contributed by atoms with E-state index < -0.39 is 0 Å². The number of hydrogen-bond donors (Lipinski definition) is 0. The second kappa shape index (κ2) is 7.49. The van der Waals surface area contributed by atoms with Gasteiger partial charge in [-0.15, -0.1) is 11.3 Å². The molecule has 0 atom stereocenters. The van der Waals surface area contributed by atoms with Crippen LogP contribution >= 0.6 is 11.3 Å². The molecule has 2 aliphatic heterocycles. The summed E-state index contributed by atoms with van der Waals surface area (Å²) in [4.78, 5) is 17.9. The van der Waals surface area contributed by atoms with Crippen LogP contribution in [0.2, 0.25) is 0 Å². The molecule has 0 N–H and O–H groups in total. The molecule has 2 aliphatic rings. The van der Waals surface area contributed by atoms with Crippen LogP contribution in [0.4, 0.5) is 4.39 Å². The number of thiophene rings is 1. The maximum atomic E-state index is 13.0. The number of amides is 1. The lowest BCUT2D eigenvalue weighted by molar-refractivity contribution is 0.0287. The second-order valence-corrected chi connectivity index (χ2v) is 8.62. The Morgan fingerprint density at radius 2 is 1.65 bits per heavy atom. The fraction of sp³-hybridized carbons (Fsp3) is 0.476. The molecule has 138 valence electrons. The first-order valence-electron chi connectivity index (χ1n) is 9.43. The van der Waals surface area contributed by atoms with Crippen LogP contribution in [0.25, 0.3) is 0 Å². The van der Waals surface area contributed by atoms with Crippen molar-refractivity contribution in [2.75, 3.05) is 26.2 Å². The number of halogens is 1. The van der Waals surface area contributed by atoms with Gasteiger partial charge in [0.1, 0.15) is 5.82 Å². The van der Waals surface area contributed by atoms with Gasteiger partial charge in [0.2, 0.25) is 0 Å². The summed E-state index contributed by atoms with van der Waals surface area (Å²) >= 11 is 1.53. The third-order valence-electron chi connectivity index (χ3n) is 6.08. The number of likely N-dealkylation sites (tertiary alicyclic amines) is 2. The Kier molecular flexibility index (Phi) is 5.09. The lowest BCUT2D eigenvalue weighted by atomic mass is 9.71. The molecule has 1 amide bonds. The maximum absolute atomic E-state index is 13.0. The summed E-state index contributed by atoms with van der Waals surface area (Å²) in [5, 5.41) is 1.97. The van der Waals surface area contributed by atoms with Gasteiger partial charge in [0.05, 0.1) is 4.88 Å². The molecular formula is C21H25FN2OS. The number of piperidine rings is 2. The van der Waals surface area contributed by atoms with Crippen molar-refractivity contribution in [2.45, 2.75) is 32.2 Å². The monoisotopic (exact) mass is 372 g/mol. The van der Waals surface area contributed by atoms with Crippen molar-refractivity contribution in [3.05, 3.63) is 58.0 Å². The Morgan fingerprint density at radius 1 is 1.00 bits per heavy atom. The van der Waals surface area contributed by atoms with E-state index in [0.29, 0.717) is 5.41 Å². The van der Waals surface area contributed by atoms with Gasteiger partial charge in [0.15, 0.2) is 0 Å². The van der Waals surface area contributed by atoms with Crippen molar-refractivity contribution in [2.24, 2.45) is 5.41 Å². The first kappa shape index (κ1) is 17.7. The smallest absolute Gasteiger partial charge is 0.263 e. The number of nitrogens with zero attached hydrogens (tertiary/aromatic N) is 2. The minimum atomic E-state index is -0.171. The van der Waals surface area contributed by atoms with E-state index >= 15 is 0 Å². The molecule has 3 nitrogen and oxygen atoms in total. The Labute approximate surface area is 158 Å². The van der Waals surface area contributed by atoms with E-state index in [1.165, 1.54) is 29.7 Å². The summed E-state index contributed by atoms with van der Waals surface area (Å²) in [7, 11) is 0. The molecule has 0 radical (unpaired) electrons. The highest BCUT2D eigenvalue weighted by atomic mass is 32.1. The molecule has 5 heteroatoms. The lowest BCUT2D eigenvalue weighted by Gasteiger charge is -2.47. The van der Waals surface area contributed by atoms with Crippen LogP contribution in [0.5, 0.6) is 0 Å². The van der Waals surface area contributed by atoms with Crippen LogP contribution in [0.15, 0.2) is 41.8 Å². The van der Waals surface area contributed by atoms with Crippen LogP contribution in [0.3, 0.4) is 0 Å². The summed E-state index contributed by atoms with van der Waals surface area (Å²) in [6, 6.07) is 10.7. The molecule has 1 spiro atoms. The number of hydrogen-bond acceptors (Lipinski definition) is 3. The fourth-order valence-corrected chi connectivity index (χ4v) is 4.96. The van der Waals surface area contributed by atoms with E-state index in [9.17, 15) is 9.18 Å².